The van der Waals surface area contributed by atoms with Crippen molar-refractivity contribution in [1.82, 2.24) is 0 Å². The van der Waals surface area contributed by atoms with Crippen molar-refractivity contribution in [2.24, 2.45) is 28.1 Å². The van der Waals surface area contributed by atoms with Gasteiger partial charge < -0.3 is 4.74 Å². The van der Waals surface area contributed by atoms with Gasteiger partial charge in [0.05, 0.1) is 17.1 Å². The number of non-ortho nitro benzene ring substituents is 1. The number of nitrogens with zero attached hydrogens (tertiary/aromatic N) is 1. The molecule has 5 rings (SSSR count). The van der Waals surface area contributed by atoms with E-state index in [1.165, 1.54) is 30.7 Å². The Morgan fingerprint density at radius 2 is 1.96 bits per heavy atom. The van der Waals surface area contributed by atoms with Crippen LogP contribution in [0.15, 0.2) is 24.3 Å². The van der Waals surface area contributed by atoms with E-state index in [9.17, 15) is 14.9 Å². The molecule has 0 aliphatic heterocycles. The van der Waals surface area contributed by atoms with E-state index in [4.69, 9.17) is 4.74 Å². The minimum Gasteiger partial charge on any atom is -0.461 e. The lowest BCUT2D eigenvalue weighted by atomic mass is 9.75. The van der Waals surface area contributed by atoms with E-state index in [2.05, 4.69) is 20.8 Å². The minimum atomic E-state index is -0.475. The Morgan fingerprint density at radius 3 is 2.39 bits per heavy atom. The molecular formula is C18H21NO4. The second-order valence-corrected chi connectivity index (χ2v) is 8.15. The third-order valence-electron chi connectivity index (χ3n) is 7.58. The van der Waals surface area contributed by atoms with E-state index in [0.29, 0.717) is 28.9 Å². The first-order chi connectivity index (χ1) is 10.7. The molecule has 4 aliphatic rings. The van der Waals surface area contributed by atoms with E-state index < -0.39 is 4.92 Å². The van der Waals surface area contributed by atoms with E-state index >= 15 is 0 Å². The Hall–Kier alpha value is -1.91. The normalized spacial score (nSPS) is 38.4. The lowest BCUT2D eigenvalue weighted by Crippen LogP contribution is -2.25. The van der Waals surface area contributed by atoms with Crippen molar-refractivity contribution in [3.05, 3.63) is 39.9 Å². The summed E-state index contributed by atoms with van der Waals surface area (Å²) in [6, 6.07) is 5.60. The molecule has 4 atom stereocenters. The highest BCUT2D eigenvalue weighted by atomic mass is 16.6. The first-order valence-electron chi connectivity index (χ1n) is 8.15. The average Bonchev–Trinajstić information content (AvgIpc) is 2.80. The molecule has 0 heterocycles. The van der Waals surface area contributed by atoms with Crippen LogP contribution in [0.3, 0.4) is 0 Å². The molecule has 0 aromatic heterocycles. The van der Waals surface area contributed by atoms with Gasteiger partial charge in [0.2, 0.25) is 0 Å². The summed E-state index contributed by atoms with van der Waals surface area (Å²) in [7, 11) is 0. The Labute approximate surface area is 135 Å². The number of hydrogen-bond acceptors (Lipinski definition) is 4. The molecule has 4 saturated carbocycles. The topological polar surface area (TPSA) is 69.4 Å². The van der Waals surface area contributed by atoms with Crippen LogP contribution in [0, 0.1) is 38.2 Å². The number of nitro benzene ring substituents is 1. The maximum absolute atomic E-state index is 12.2. The fourth-order valence-electron chi connectivity index (χ4n) is 5.87. The minimum absolute atomic E-state index is 0.0201. The van der Waals surface area contributed by atoms with Gasteiger partial charge in [0.1, 0.15) is 0 Å². The maximum Gasteiger partial charge on any atom is 0.338 e. The summed E-state index contributed by atoms with van der Waals surface area (Å²) in [6.45, 7) is 7.53. The van der Waals surface area contributed by atoms with E-state index in [-0.39, 0.29) is 17.1 Å². The van der Waals surface area contributed by atoms with Gasteiger partial charge in [-0.2, -0.15) is 0 Å². The first-order valence-corrected chi connectivity index (χ1v) is 8.15. The highest BCUT2D eigenvalue weighted by Crippen LogP contribution is 2.92. The summed E-state index contributed by atoms with van der Waals surface area (Å²) in [5.41, 5.74) is 1.14. The summed E-state index contributed by atoms with van der Waals surface area (Å²) in [6.07, 6.45) is 2.42. The van der Waals surface area contributed by atoms with Gasteiger partial charge >= 0.3 is 5.97 Å². The van der Waals surface area contributed by atoms with Crippen LogP contribution in [0.5, 0.6) is 0 Å². The molecule has 4 bridgehead atoms. The van der Waals surface area contributed by atoms with Gasteiger partial charge in [-0.15, -0.1) is 0 Å². The van der Waals surface area contributed by atoms with Gasteiger partial charge in [0.25, 0.3) is 5.69 Å². The van der Waals surface area contributed by atoms with Gasteiger partial charge in [-0.1, -0.05) is 20.8 Å². The zero-order valence-electron chi connectivity index (χ0n) is 13.7. The lowest BCUT2D eigenvalue weighted by Gasteiger charge is -2.29. The van der Waals surface area contributed by atoms with Gasteiger partial charge in [0.15, 0.2) is 0 Å². The molecule has 5 nitrogen and oxygen atoms in total. The molecule has 0 amide bonds. The molecule has 5 heteroatoms. The van der Waals surface area contributed by atoms with Crippen LogP contribution in [0.25, 0.3) is 0 Å². The number of nitro groups is 1. The SMILES string of the molecule is CC1(C)C2CC3C(COC(=O)c4ccc([N+](=O)[O-])cc4)(C2)C31C. The molecule has 23 heavy (non-hydrogen) atoms. The predicted octanol–water partition coefficient (Wildman–Crippen LogP) is 3.82. The van der Waals surface area contributed by atoms with E-state index in [0.717, 1.165) is 12.3 Å². The van der Waals surface area contributed by atoms with Crippen molar-refractivity contribution in [3.8, 4) is 0 Å². The van der Waals surface area contributed by atoms with Crippen LogP contribution in [-0.4, -0.2) is 17.5 Å². The first kappa shape index (κ1) is 14.7. The molecule has 0 saturated heterocycles. The number of carbonyl (C=O) groups excluding carboxylic acids is 1. The largest absolute Gasteiger partial charge is 0.461 e. The van der Waals surface area contributed by atoms with Crippen LogP contribution in [0.2, 0.25) is 0 Å². The smallest absolute Gasteiger partial charge is 0.338 e. The summed E-state index contributed by atoms with van der Waals surface area (Å²) >= 11 is 0. The number of ether oxygens (including phenoxy) is 1. The number of rotatable bonds is 4. The van der Waals surface area contributed by atoms with Crippen LogP contribution in [0.1, 0.15) is 44.0 Å². The van der Waals surface area contributed by atoms with Gasteiger partial charge in [0, 0.05) is 17.5 Å². The standard InChI is InChI=1S/C18H21NO4/c1-16(2)12-8-14-17(16,3)18(14,9-12)10-23-15(20)11-4-6-13(7-5-11)19(21)22/h4-7,12,14H,8-10H2,1-3H3. The second kappa shape index (κ2) is 4.13. The number of hydrogen-bond donors (Lipinski definition) is 0. The monoisotopic (exact) mass is 315 g/mol. The maximum atomic E-state index is 12.2. The number of benzene rings is 1. The zero-order chi connectivity index (χ0) is 16.6. The third kappa shape index (κ3) is 1.55. The molecule has 4 aliphatic carbocycles. The van der Waals surface area contributed by atoms with Crippen molar-refractivity contribution >= 4 is 11.7 Å². The molecule has 122 valence electrons. The second-order valence-electron chi connectivity index (χ2n) is 8.15. The fraction of sp³-hybridized carbons (Fsp3) is 0.611. The van der Waals surface area contributed by atoms with Crippen LogP contribution in [-0.2, 0) is 4.74 Å². The Balaban J connectivity index is 1.45. The summed E-state index contributed by atoms with van der Waals surface area (Å²) < 4.78 is 5.60. The Kier molecular flexibility index (Phi) is 2.64. The molecule has 0 N–H and O–H groups in total. The van der Waals surface area contributed by atoms with Crippen molar-refractivity contribution in [1.29, 1.82) is 0 Å². The van der Waals surface area contributed by atoms with Crippen LogP contribution >= 0.6 is 0 Å². The van der Waals surface area contributed by atoms with E-state index in [1.807, 2.05) is 0 Å². The summed E-state index contributed by atoms with van der Waals surface area (Å²) in [5.74, 6) is 1.04. The highest BCUT2D eigenvalue weighted by Gasteiger charge is 2.88. The molecule has 0 spiro atoms. The van der Waals surface area contributed by atoms with Gasteiger partial charge in [-0.25, -0.2) is 4.79 Å². The summed E-state index contributed by atoms with van der Waals surface area (Å²) in [4.78, 5) is 22.4. The summed E-state index contributed by atoms with van der Waals surface area (Å²) in [5, 5.41) is 10.7. The highest BCUT2D eigenvalue weighted by molar-refractivity contribution is 5.89. The fourth-order valence-corrected chi connectivity index (χ4v) is 5.87. The predicted molar refractivity (Wildman–Crippen MR) is 83.9 cm³/mol. The molecule has 4 fully saturated rings. The average molecular weight is 315 g/mol. The quantitative estimate of drug-likeness (QED) is 0.481. The van der Waals surface area contributed by atoms with Crippen molar-refractivity contribution < 1.29 is 14.5 Å². The zero-order valence-corrected chi connectivity index (χ0v) is 13.7. The van der Waals surface area contributed by atoms with Gasteiger partial charge in [-0.05, 0) is 47.6 Å². The number of esters is 1. The van der Waals surface area contributed by atoms with E-state index in [1.54, 1.807) is 0 Å². The Bertz CT molecular complexity index is 710. The lowest BCUT2D eigenvalue weighted by molar-refractivity contribution is -0.384. The Morgan fingerprint density at radius 1 is 1.30 bits per heavy atom. The van der Waals surface area contributed by atoms with Gasteiger partial charge in [-0.3, -0.25) is 10.1 Å². The number of carbonyl (C=O) groups is 1. The molecule has 1 aromatic rings. The third-order valence-corrected chi connectivity index (χ3v) is 7.58. The van der Waals surface area contributed by atoms with Crippen LogP contribution in [0.4, 0.5) is 5.69 Å². The van der Waals surface area contributed by atoms with Crippen molar-refractivity contribution in [2.75, 3.05) is 6.61 Å². The van der Waals surface area contributed by atoms with Crippen LogP contribution < -0.4 is 0 Å². The molecule has 0 radical (unpaired) electrons. The van der Waals surface area contributed by atoms with Crippen molar-refractivity contribution in [2.45, 2.75) is 33.6 Å². The molecule has 1 aromatic carbocycles. The molecule has 4 unspecified atom stereocenters. The van der Waals surface area contributed by atoms with Crippen molar-refractivity contribution in [3.63, 3.8) is 0 Å². The molecular weight excluding hydrogens is 294 g/mol.